The Morgan fingerprint density at radius 1 is 1.33 bits per heavy atom. The first-order chi connectivity index (χ1) is 5.93. The Labute approximate surface area is 85.3 Å². The number of alkyl halides is 1. The second-order valence-electron chi connectivity index (χ2n) is 2.29. The molecule has 2 nitrogen and oxygen atoms in total. The van der Waals surface area contributed by atoms with Crippen molar-refractivity contribution in [3.05, 3.63) is 18.6 Å². The summed E-state index contributed by atoms with van der Waals surface area (Å²) in [7, 11) is 0. The van der Waals surface area contributed by atoms with Crippen LogP contribution in [-0.4, -0.2) is 21.1 Å². The summed E-state index contributed by atoms with van der Waals surface area (Å²) in [6, 6.07) is 0. The zero-order chi connectivity index (χ0) is 8.65. The highest BCUT2D eigenvalue weighted by atomic mass is 79.9. The monoisotopic (exact) mass is 246 g/mol. The summed E-state index contributed by atoms with van der Waals surface area (Å²) in [5.41, 5.74) is 0. The van der Waals surface area contributed by atoms with E-state index in [1.165, 1.54) is 12.8 Å². The summed E-state index contributed by atoms with van der Waals surface area (Å²) >= 11 is 5.16. The Morgan fingerprint density at radius 3 is 2.92 bits per heavy atom. The van der Waals surface area contributed by atoms with Gasteiger partial charge in [-0.3, -0.25) is 4.98 Å². The van der Waals surface area contributed by atoms with Crippen molar-refractivity contribution in [3.63, 3.8) is 0 Å². The van der Waals surface area contributed by atoms with Crippen molar-refractivity contribution < 1.29 is 0 Å². The van der Waals surface area contributed by atoms with Crippen molar-refractivity contribution in [1.29, 1.82) is 0 Å². The molecule has 1 aromatic heterocycles. The van der Waals surface area contributed by atoms with Crippen molar-refractivity contribution in [2.24, 2.45) is 0 Å². The van der Waals surface area contributed by atoms with Gasteiger partial charge in [-0.1, -0.05) is 15.9 Å². The van der Waals surface area contributed by atoms with E-state index in [1.807, 2.05) is 0 Å². The number of halogens is 1. The van der Waals surface area contributed by atoms with E-state index in [1.54, 1.807) is 30.4 Å². The number of unbranched alkanes of at least 4 members (excludes halogenated alkanes) is 1. The summed E-state index contributed by atoms with van der Waals surface area (Å²) in [6.07, 6.45) is 7.69. The maximum absolute atomic E-state index is 4.17. The molecular weight excluding hydrogens is 236 g/mol. The van der Waals surface area contributed by atoms with Gasteiger partial charge in [0.05, 0.1) is 6.20 Å². The van der Waals surface area contributed by atoms with Crippen LogP contribution in [0.5, 0.6) is 0 Å². The van der Waals surface area contributed by atoms with Crippen LogP contribution in [-0.2, 0) is 0 Å². The Balaban J connectivity index is 2.16. The van der Waals surface area contributed by atoms with E-state index >= 15 is 0 Å². The molecule has 1 aromatic rings. The van der Waals surface area contributed by atoms with Crippen LogP contribution in [0.3, 0.4) is 0 Å². The molecule has 0 aliphatic rings. The molecule has 0 radical (unpaired) electrons. The minimum absolute atomic E-state index is 1.02. The number of rotatable bonds is 5. The lowest BCUT2D eigenvalue weighted by atomic mass is 10.4. The lowest BCUT2D eigenvalue weighted by Gasteiger charge is -1.97. The van der Waals surface area contributed by atoms with Gasteiger partial charge < -0.3 is 0 Å². The smallest absolute Gasteiger partial charge is 0.114 e. The third-order valence-electron chi connectivity index (χ3n) is 1.32. The Morgan fingerprint density at radius 2 is 2.25 bits per heavy atom. The van der Waals surface area contributed by atoms with Crippen molar-refractivity contribution in [3.8, 4) is 0 Å². The fourth-order valence-electron chi connectivity index (χ4n) is 0.733. The van der Waals surface area contributed by atoms with Gasteiger partial charge in [0.15, 0.2) is 0 Å². The molecule has 0 fully saturated rings. The molecule has 0 bridgehead atoms. The Kier molecular flexibility index (Phi) is 5.35. The first-order valence-electron chi connectivity index (χ1n) is 3.88. The number of hydrogen-bond donors (Lipinski definition) is 0. The van der Waals surface area contributed by atoms with E-state index in [9.17, 15) is 0 Å². The van der Waals surface area contributed by atoms with Crippen LogP contribution in [0, 0.1) is 0 Å². The van der Waals surface area contributed by atoms with Crippen molar-refractivity contribution in [2.45, 2.75) is 17.9 Å². The summed E-state index contributed by atoms with van der Waals surface area (Å²) in [5.74, 6) is 1.13. The molecule has 0 aliphatic heterocycles. The van der Waals surface area contributed by atoms with Crippen molar-refractivity contribution >= 4 is 27.7 Å². The number of nitrogens with zero attached hydrogens (tertiary/aromatic N) is 2. The Hall–Kier alpha value is -0.0900. The summed E-state index contributed by atoms with van der Waals surface area (Å²) < 4.78 is 0. The fourth-order valence-corrected chi connectivity index (χ4v) is 1.96. The summed E-state index contributed by atoms with van der Waals surface area (Å²) in [4.78, 5) is 8.16. The van der Waals surface area contributed by atoms with Crippen LogP contribution >= 0.6 is 27.7 Å². The minimum Gasteiger partial charge on any atom is -0.260 e. The molecule has 0 aromatic carbocycles. The second kappa shape index (κ2) is 6.43. The topological polar surface area (TPSA) is 25.8 Å². The number of thioether (sulfide) groups is 1. The van der Waals surface area contributed by atoms with Gasteiger partial charge in [0.2, 0.25) is 0 Å². The van der Waals surface area contributed by atoms with Crippen LogP contribution in [0.4, 0.5) is 0 Å². The van der Waals surface area contributed by atoms with E-state index in [-0.39, 0.29) is 0 Å². The van der Waals surface area contributed by atoms with Crippen LogP contribution in [0.2, 0.25) is 0 Å². The van der Waals surface area contributed by atoms with Crippen LogP contribution in [0.15, 0.2) is 23.6 Å². The lowest BCUT2D eigenvalue weighted by molar-refractivity contribution is 0.909. The molecular formula is C8H11BrN2S. The van der Waals surface area contributed by atoms with Crippen molar-refractivity contribution in [2.75, 3.05) is 11.1 Å². The zero-order valence-corrected chi connectivity index (χ0v) is 9.14. The second-order valence-corrected chi connectivity index (χ2v) is 4.20. The van der Waals surface area contributed by atoms with Gasteiger partial charge in [-0.15, -0.1) is 11.8 Å². The van der Waals surface area contributed by atoms with E-state index in [0.29, 0.717) is 0 Å². The Bertz CT molecular complexity index is 205. The first kappa shape index (κ1) is 9.99. The molecule has 0 N–H and O–H groups in total. The third-order valence-corrected chi connectivity index (χ3v) is 2.88. The summed E-state index contributed by atoms with van der Waals surface area (Å²) in [6.45, 7) is 0. The molecule has 4 heteroatoms. The molecule has 66 valence electrons. The molecule has 0 saturated heterocycles. The fraction of sp³-hybridized carbons (Fsp3) is 0.500. The van der Waals surface area contributed by atoms with E-state index in [2.05, 4.69) is 25.9 Å². The molecule has 1 rings (SSSR count). The standard InChI is InChI=1S/C8H11BrN2S/c9-3-1-2-6-12-8-7-10-4-5-11-8/h4-5,7H,1-3,6H2. The summed E-state index contributed by atoms with van der Waals surface area (Å²) in [5, 5.41) is 2.11. The quantitative estimate of drug-likeness (QED) is 0.454. The van der Waals surface area contributed by atoms with Gasteiger partial charge in [0, 0.05) is 17.7 Å². The van der Waals surface area contributed by atoms with Gasteiger partial charge in [0.25, 0.3) is 0 Å². The minimum atomic E-state index is 1.02. The van der Waals surface area contributed by atoms with E-state index in [0.717, 1.165) is 16.1 Å². The van der Waals surface area contributed by atoms with E-state index in [4.69, 9.17) is 0 Å². The highest BCUT2D eigenvalue weighted by Gasteiger charge is 1.93. The third kappa shape index (κ3) is 4.07. The lowest BCUT2D eigenvalue weighted by Crippen LogP contribution is -1.84. The molecule has 0 aliphatic carbocycles. The molecule has 0 atom stereocenters. The van der Waals surface area contributed by atoms with Gasteiger partial charge in [0.1, 0.15) is 5.03 Å². The highest BCUT2D eigenvalue weighted by molar-refractivity contribution is 9.09. The SMILES string of the molecule is BrCCCCSc1cnccn1. The van der Waals surface area contributed by atoms with Gasteiger partial charge in [-0.25, -0.2) is 4.98 Å². The number of hydrogen-bond acceptors (Lipinski definition) is 3. The van der Waals surface area contributed by atoms with Gasteiger partial charge >= 0.3 is 0 Å². The predicted octanol–water partition coefficient (Wildman–Crippen LogP) is 2.74. The predicted molar refractivity (Wildman–Crippen MR) is 55.8 cm³/mol. The molecule has 0 amide bonds. The van der Waals surface area contributed by atoms with Crippen LogP contribution < -0.4 is 0 Å². The molecule has 0 spiro atoms. The largest absolute Gasteiger partial charge is 0.260 e. The zero-order valence-electron chi connectivity index (χ0n) is 6.74. The number of aromatic nitrogens is 2. The van der Waals surface area contributed by atoms with Gasteiger partial charge in [-0.05, 0) is 18.6 Å². The first-order valence-corrected chi connectivity index (χ1v) is 5.99. The molecule has 0 unspecified atom stereocenters. The highest BCUT2D eigenvalue weighted by Crippen LogP contribution is 2.14. The molecule has 0 saturated carbocycles. The van der Waals surface area contributed by atoms with Gasteiger partial charge in [-0.2, -0.15) is 0 Å². The van der Waals surface area contributed by atoms with Crippen LogP contribution in [0.1, 0.15) is 12.8 Å². The van der Waals surface area contributed by atoms with Crippen LogP contribution in [0.25, 0.3) is 0 Å². The normalized spacial score (nSPS) is 10.1. The molecule has 1 heterocycles. The molecule has 12 heavy (non-hydrogen) atoms. The maximum atomic E-state index is 4.17. The van der Waals surface area contributed by atoms with Crippen molar-refractivity contribution in [1.82, 2.24) is 9.97 Å². The average Bonchev–Trinajstić information content (AvgIpc) is 2.14. The maximum Gasteiger partial charge on any atom is 0.114 e. The average molecular weight is 247 g/mol. The van der Waals surface area contributed by atoms with E-state index < -0.39 is 0 Å².